The minimum atomic E-state index is 0.253. The van der Waals surface area contributed by atoms with Crippen molar-refractivity contribution < 1.29 is 0 Å². The summed E-state index contributed by atoms with van der Waals surface area (Å²) in [4.78, 5) is 16.3. The number of nitrogens with zero attached hydrogens (tertiary/aromatic N) is 5. The molecule has 0 N–H and O–H groups in total. The Morgan fingerprint density at radius 2 is 1.37 bits per heavy atom. The Labute approximate surface area is 239 Å². The smallest absolute Gasteiger partial charge is 0.140 e. The number of aryl methyl sites for hydroxylation is 1. The van der Waals surface area contributed by atoms with Crippen molar-refractivity contribution in [2.45, 2.75) is 13.0 Å². The summed E-state index contributed by atoms with van der Waals surface area (Å²) in [5.74, 6) is 4.18. The Balaban J connectivity index is 0.000000162. The molecule has 5 nitrogen and oxygen atoms in total. The molecule has 2 aliphatic heterocycles. The van der Waals surface area contributed by atoms with Crippen molar-refractivity contribution >= 4 is 51.7 Å². The molecule has 0 unspecified atom stereocenters. The normalized spacial score (nSPS) is 16.6. The van der Waals surface area contributed by atoms with E-state index in [4.69, 9.17) is 23.2 Å². The lowest BCUT2D eigenvalue weighted by molar-refractivity contribution is 0.127. The molecule has 0 amide bonds. The van der Waals surface area contributed by atoms with E-state index in [2.05, 4.69) is 68.1 Å². The highest BCUT2D eigenvalue weighted by atomic mass is 35.5. The zero-order valence-electron chi connectivity index (χ0n) is 21.9. The minimum absolute atomic E-state index is 0.253. The van der Waals surface area contributed by atoms with Crippen molar-refractivity contribution in [2.24, 2.45) is 0 Å². The maximum atomic E-state index is 6.05. The molecule has 2 aliphatic rings. The van der Waals surface area contributed by atoms with Crippen LogP contribution < -0.4 is 4.90 Å². The van der Waals surface area contributed by atoms with Crippen molar-refractivity contribution in [3.8, 4) is 0 Å². The fraction of sp³-hybridized carbons (Fsp3) is 0.333. The topological polar surface area (TPSA) is 35.5 Å². The summed E-state index contributed by atoms with van der Waals surface area (Å²) < 4.78 is 0. The van der Waals surface area contributed by atoms with Gasteiger partial charge < -0.3 is 9.80 Å². The van der Waals surface area contributed by atoms with Crippen LogP contribution in [0, 0.1) is 6.92 Å². The number of rotatable bonds is 4. The van der Waals surface area contributed by atoms with E-state index in [1.165, 1.54) is 16.9 Å². The molecule has 8 heteroatoms. The number of halogens is 2. The second kappa shape index (κ2) is 12.7. The predicted molar refractivity (Wildman–Crippen MR) is 163 cm³/mol. The van der Waals surface area contributed by atoms with E-state index in [0.717, 1.165) is 71.2 Å². The molecule has 0 spiro atoms. The molecule has 4 aromatic rings. The first-order chi connectivity index (χ1) is 18.5. The number of likely N-dealkylation sites (N-methyl/N-ethyl adjacent to an activating group) is 1. The van der Waals surface area contributed by atoms with Crippen molar-refractivity contribution in [3.63, 3.8) is 0 Å². The van der Waals surface area contributed by atoms with Crippen molar-refractivity contribution in [2.75, 3.05) is 56.3 Å². The van der Waals surface area contributed by atoms with Gasteiger partial charge in [0.25, 0.3) is 0 Å². The number of fused-ring (bicyclic) bond motifs is 1. The van der Waals surface area contributed by atoms with E-state index < -0.39 is 0 Å². The zero-order chi connectivity index (χ0) is 26.5. The van der Waals surface area contributed by atoms with E-state index in [1.54, 1.807) is 0 Å². The van der Waals surface area contributed by atoms with E-state index in [0.29, 0.717) is 0 Å². The number of para-hydroxylation sites is 1. The number of thioether (sulfide) groups is 1. The fourth-order valence-electron chi connectivity index (χ4n) is 4.98. The van der Waals surface area contributed by atoms with Gasteiger partial charge in [-0.15, -0.1) is 11.8 Å². The Hall–Kier alpha value is -2.35. The summed E-state index contributed by atoms with van der Waals surface area (Å²) >= 11 is 14.1. The highest BCUT2D eigenvalue weighted by Crippen LogP contribution is 2.31. The van der Waals surface area contributed by atoms with Crippen LogP contribution in [-0.2, 0) is 0 Å². The van der Waals surface area contributed by atoms with E-state index in [9.17, 15) is 0 Å². The quantitative estimate of drug-likeness (QED) is 0.271. The second-order valence-electron chi connectivity index (χ2n) is 9.76. The van der Waals surface area contributed by atoms with E-state index in [-0.39, 0.29) is 6.04 Å². The van der Waals surface area contributed by atoms with Gasteiger partial charge in [0.05, 0.1) is 17.4 Å². The molecule has 0 atom stereocenters. The highest BCUT2D eigenvalue weighted by Gasteiger charge is 2.25. The molecule has 2 fully saturated rings. The fourth-order valence-corrected chi connectivity index (χ4v) is 6.18. The molecule has 6 rings (SSSR count). The number of hydrogen-bond donors (Lipinski definition) is 0. The van der Waals surface area contributed by atoms with Gasteiger partial charge in [-0.3, -0.25) is 4.90 Å². The van der Waals surface area contributed by atoms with Gasteiger partial charge in [0.15, 0.2) is 0 Å². The molecule has 38 heavy (non-hydrogen) atoms. The number of aromatic nitrogens is 2. The van der Waals surface area contributed by atoms with Crippen LogP contribution in [0.4, 0.5) is 5.82 Å². The summed E-state index contributed by atoms with van der Waals surface area (Å²) in [6, 6.07) is 24.9. The molecule has 0 bridgehead atoms. The standard InChI is InChI=1S/C18H20Cl2N2.C12H13N3S/c1-21-10-12-22(13-11-21)18(14-2-6-16(19)7-3-14)15-4-8-17(20)9-5-15;1-9-13-11-5-3-2-4-10(11)12(14-9)15-6-7-16-8-15/h2-9,18H,10-13H2,1H3;2-5H,6-8H2,1H3. The molecule has 1 aromatic heterocycles. The molecule has 3 aromatic carbocycles. The van der Waals surface area contributed by atoms with Crippen LogP contribution in [0.1, 0.15) is 23.0 Å². The number of piperazine rings is 1. The van der Waals surface area contributed by atoms with Gasteiger partial charge in [0.1, 0.15) is 11.6 Å². The summed E-state index contributed by atoms with van der Waals surface area (Å²) in [5, 5.41) is 2.71. The van der Waals surface area contributed by atoms with Gasteiger partial charge in [-0.2, -0.15) is 0 Å². The lowest BCUT2D eigenvalue weighted by Crippen LogP contribution is -2.46. The molecule has 0 aliphatic carbocycles. The lowest BCUT2D eigenvalue weighted by Gasteiger charge is -2.38. The lowest BCUT2D eigenvalue weighted by atomic mass is 9.96. The third kappa shape index (κ3) is 6.61. The van der Waals surface area contributed by atoms with Crippen LogP contribution in [0.5, 0.6) is 0 Å². The van der Waals surface area contributed by atoms with Crippen molar-refractivity contribution in [3.05, 3.63) is 99.8 Å². The second-order valence-corrected chi connectivity index (χ2v) is 11.7. The molecule has 198 valence electrons. The van der Waals surface area contributed by atoms with Crippen LogP contribution >= 0.6 is 35.0 Å². The maximum absolute atomic E-state index is 6.05. The summed E-state index contributed by atoms with van der Waals surface area (Å²) in [6.07, 6.45) is 0. The van der Waals surface area contributed by atoms with Crippen LogP contribution in [0.3, 0.4) is 0 Å². The van der Waals surface area contributed by atoms with Gasteiger partial charge in [0.2, 0.25) is 0 Å². The van der Waals surface area contributed by atoms with Gasteiger partial charge in [-0.1, -0.05) is 59.6 Å². The Morgan fingerprint density at radius 3 is 1.95 bits per heavy atom. The zero-order valence-corrected chi connectivity index (χ0v) is 24.2. The summed E-state index contributed by atoms with van der Waals surface area (Å²) in [5.41, 5.74) is 3.59. The Bertz CT molecular complexity index is 1290. The largest absolute Gasteiger partial charge is 0.346 e. The first kappa shape index (κ1) is 27.2. The Morgan fingerprint density at radius 1 is 0.763 bits per heavy atom. The van der Waals surface area contributed by atoms with Gasteiger partial charge in [-0.05, 0) is 61.5 Å². The predicted octanol–water partition coefficient (Wildman–Crippen LogP) is 6.78. The molecule has 0 saturated carbocycles. The van der Waals surface area contributed by atoms with Crippen LogP contribution in [0.25, 0.3) is 10.9 Å². The molecule has 2 saturated heterocycles. The summed E-state index contributed by atoms with van der Waals surface area (Å²) in [6.45, 7) is 7.36. The Kier molecular flexibility index (Phi) is 9.08. The van der Waals surface area contributed by atoms with Gasteiger partial charge in [0, 0.05) is 53.9 Å². The average molecular weight is 567 g/mol. The monoisotopic (exact) mass is 565 g/mol. The van der Waals surface area contributed by atoms with Gasteiger partial charge in [-0.25, -0.2) is 9.97 Å². The van der Waals surface area contributed by atoms with E-state index in [1.807, 2.05) is 55.1 Å². The average Bonchev–Trinajstić information content (AvgIpc) is 3.47. The molecular weight excluding hydrogens is 533 g/mol. The SMILES string of the molecule is CN1CCN(C(c2ccc(Cl)cc2)c2ccc(Cl)cc2)CC1.Cc1nc(N2CCSC2)c2ccccc2n1. The van der Waals surface area contributed by atoms with Crippen LogP contribution in [0.15, 0.2) is 72.8 Å². The highest BCUT2D eigenvalue weighted by molar-refractivity contribution is 7.99. The third-order valence-corrected chi connectivity index (χ3v) is 8.49. The van der Waals surface area contributed by atoms with E-state index >= 15 is 0 Å². The third-order valence-electron chi connectivity index (χ3n) is 7.02. The minimum Gasteiger partial charge on any atom is -0.346 e. The maximum Gasteiger partial charge on any atom is 0.140 e. The summed E-state index contributed by atoms with van der Waals surface area (Å²) in [7, 11) is 2.18. The number of anilines is 1. The molecule has 0 radical (unpaired) electrons. The number of hydrogen-bond acceptors (Lipinski definition) is 6. The van der Waals surface area contributed by atoms with Crippen molar-refractivity contribution in [1.82, 2.24) is 19.8 Å². The van der Waals surface area contributed by atoms with Gasteiger partial charge >= 0.3 is 0 Å². The molecular formula is C30H33Cl2N5S. The number of benzene rings is 3. The first-order valence-corrected chi connectivity index (χ1v) is 14.9. The molecule has 3 heterocycles. The van der Waals surface area contributed by atoms with Crippen molar-refractivity contribution in [1.29, 1.82) is 0 Å². The van der Waals surface area contributed by atoms with Crippen LogP contribution in [0.2, 0.25) is 10.0 Å². The first-order valence-electron chi connectivity index (χ1n) is 13.0. The van der Waals surface area contributed by atoms with Crippen LogP contribution in [-0.4, -0.2) is 71.2 Å².